The Morgan fingerprint density at radius 1 is 1.23 bits per heavy atom. The molecule has 8 heteroatoms. The number of pyridine rings is 1. The Labute approximate surface area is 154 Å². The maximum Gasteiger partial charge on any atom is 0.183 e. The first kappa shape index (κ1) is 17.2. The van der Waals surface area contributed by atoms with Gasteiger partial charge in [0.1, 0.15) is 5.65 Å². The van der Waals surface area contributed by atoms with Gasteiger partial charge in [-0.25, -0.2) is 19.3 Å². The van der Waals surface area contributed by atoms with E-state index in [4.69, 9.17) is 11.6 Å². The predicted octanol–water partition coefficient (Wildman–Crippen LogP) is 3.92. The van der Waals surface area contributed by atoms with Gasteiger partial charge >= 0.3 is 0 Å². The Morgan fingerprint density at radius 2 is 2.04 bits per heavy atom. The summed E-state index contributed by atoms with van der Waals surface area (Å²) in [5, 5.41) is 14.8. The van der Waals surface area contributed by atoms with E-state index in [1.165, 1.54) is 0 Å². The van der Waals surface area contributed by atoms with Crippen molar-refractivity contribution >= 4 is 28.5 Å². The number of aromatic nitrogens is 4. The maximum atomic E-state index is 14.2. The Morgan fingerprint density at radius 3 is 2.85 bits per heavy atom. The van der Waals surface area contributed by atoms with E-state index < -0.39 is 11.4 Å². The Hall–Kier alpha value is -2.25. The zero-order chi connectivity index (χ0) is 18.1. The lowest BCUT2D eigenvalue weighted by molar-refractivity contribution is 0.0166. The van der Waals surface area contributed by atoms with Crippen molar-refractivity contribution < 1.29 is 9.50 Å². The molecule has 136 valence electrons. The van der Waals surface area contributed by atoms with Gasteiger partial charge in [0.05, 0.1) is 16.8 Å². The summed E-state index contributed by atoms with van der Waals surface area (Å²) in [7, 11) is 0. The normalized spacial score (nSPS) is 16.7. The highest BCUT2D eigenvalue weighted by atomic mass is 35.5. The van der Waals surface area contributed by atoms with Crippen LogP contribution >= 0.6 is 11.6 Å². The van der Waals surface area contributed by atoms with Crippen LogP contribution in [0.1, 0.15) is 32.1 Å². The second kappa shape index (κ2) is 6.81. The van der Waals surface area contributed by atoms with Crippen LogP contribution in [0.25, 0.3) is 22.4 Å². The van der Waals surface area contributed by atoms with Crippen LogP contribution < -0.4 is 5.32 Å². The van der Waals surface area contributed by atoms with Crippen molar-refractivity contribution in [2.45, 2.75) is 37.7 Å². The fourth-order valence-electron chi connectivity index (χ4n) is 3.42. The van der Waals surface area contributed by atoms with Crippen molar-refractivity contribution in [1.29, 1.82) is 0 Å². The summed E-state index contributed by atoms with van der Waals surface area (Å²) in [5.41, 5.74) is 0.534. The predicted molar refractivity (Wildman–Crippen MR) is 98.6 cm³/mol. The van der Waals surface area contributed by atoms with Crippen LogP contribution in [0.15, 0.2) is 24.7 Å². The summed E-state index contributed by atoms with van der Waals surface area (Å²) < 4.78 is 14.2. The molecule has 0 bridgehead atoms. The van der Waals surface area contributed by atoms with E-state index in [-0.39, 0.29) is 12.4 Å². The Kier molecular flexibility index (Phi) is 4.50. The van der Waals surface area contributed by atoms with Gasteiger partial charge in [-0.15, -0.1) is 0 Å². The Bertz CT molecular complexity index is 938. The van der Waals surface area contributed by atoms with Gasteiger partial charge in [0, 0.05) is 29.9 Å². The lowest BCUT2D eigenvalue weighted by Gasteiger charge is -2.32. The molecule has 0 saturated heterocycles. The molecule has 1 fully saturated rings. The fraction of sp³-hybridized carbons (Fsp3) is 0.389. The molecule has 26 heavy (non-hydrogen) atoms. The SMILES string of the molecule is OC1(CNc2nc(-c3c[nH]c4ncc(Cl)cc34)ncc2F)CCCCC1. The number of H-pyrrole nitrogens is 1. The molecule has 0 aliphatic heterocycles. The van der Waals surface area contributed by atoms with Gasteiger partial charge in [-0.05, 0) is 18.9 Å². The second-order valence-electron chi connectivity index (χ2n) is 6.78. The van der Waals surface area contributed by atoms with Crippen LogP contribution in [0.2, 0.25) is 5.02 Å². The number of aliphatic hydroxyl groups is 1. The summed E-state index contributed by atoms with van der Waals surface area (Å²) in [6, 6.07) is 1.76. The molecule has 0 aromatic carbocycles. The van der Waals surface area contributed by atoms with Gasteiger partial charge in [-0.2, -0.15) is 0 Å². The van der Waals surface area contributed by atoms with Crippen molar-refractivity contribution in [2.75, 3.05) is 11.9 Å². The van der Waals surface area contributed by atoms with Gasteiger partial charge in [0.2, 0.25) is 0 Å². The maximum absolute atomic E-state index is 14.2. The summed E-state index contributed by atoms with van der Waals surface area (Å²) in [6.07, 6.45) is 8.93. The average molecular weight is 376 g/mol. The Balaban J connectivity index is 1.62. The molecule has 1 aliphatic carbocycles. The molecule has 0 atom stereocenters. The number of hydrogen-bond donors (Lipinski definition) is 3. The standard InChI is InChI=1S/C18H19ClFN5O/c19-11-6-12-13(8-22-15(12)21-7-11)16-23-9-14(20)17(25-16)24-10-18(26)4-2-1-3-5-18/h6-9,26H,1-5,10H2,(H,21,22)(H,23,24,25). The van der Waals surface area contributed by atoms with Crippen LogP contribution in [0, 0.1) is 5.82 Å². The first-order valence-corrected chi connectivity index (χ1v) is 9.04. The van der Waals surface area contributed by atoms with E-state index >= 15 is 0 Å². The molecular weight excluding hydrogens is 357 g/mol. The third-order valence-electron chi connectivity index (χ3n) is 4.85. The van der Waals surface area contributed by atoms with E-state index in [1.807, 2.05) is 0 Å². The molecule has 0 amide bonds. The largest absolute Gasteiger partial charge is 0.388 e. The topological polar surface area (TPSA) is 86.7 Å². The third-order valence-corrected chi connectivity index (χ3v) is 5.06. The first-order valence-electron chi connectivity index (χ1n) is 8.66. The van der Waals surface area contributed by atoms with E-state index in [0.717, 1.165) is 30.8 Å². The van der Waals surface area contributed by atoms with E-state index in [0.29, 0.717) is 34.9 Å². The molecule has 4 rings (SSSR count). The van der Waals surface area contributed by atoms with Crippen LogP contribution in [0.5, 0.6) is 0 Å². The second-order valence-corrected chi connectivity index (χ2v) is 7.22. The molecule has 3 aromatic rings. The minimum atomic E-state index is -0.811. The van der Waals surface area contributed by atoms with Crippen LogP contribution in [-0.4, -0.2) is 37.2 Å². The number of nitrogens with one attached hydrogen (secondary N) is 2. The zero-order valence-electron chi connectivity index (χ0n) is 14.1. The number of hydrogen-bond acceptors (Lipinski definition) is 5. The van der Waals surface area contributed by atoms with Crippen LogP contribution in [0.3, 0.4) is 0 Å². The summed E-state index contributed by atoms with van der Waals surface area (Å²) >= 11 is 6.03. The van der Waals surface area contributed by atoms with Crippen molar-refractivity contribution in [3.63, 3.8) is 0 Å². The lowest BCUT2D eigenvalue weighted by atomic mass is 9.85. The molecule has 0 radical (unpaired) electrons. The molecular formula is C18H19ClFN5O. The third kappa shape index (κ3) is 3.37. The van der Waals surface area contributed by atoms with Crippen molar-refractivity contribution in [3.05, 3.63) is 35.5 Å². The van der Waals surface area contributed by atoms with Crippen LogP contribution in [0.4, 0.5) is 10.2 Å². The molecule has 0 unspecified atom stereocenters. The molecule has 6 nitrogen and oxygen atoms in total. The highest BCUT2D eigenvalue weighted by molar-refractivity contribution is 6.31. The number of rotatable bonds is 4. The fourth-order valence-corrected chi connectivity index (χ4v) is 3.58. The van der Waals surface area contributed by atoms with Gasteiger partial charge in [-0.1, -0.05) is 30.9 Å². The van der Waals surface area contributed by atoms with Crippen molar-refractivity contribution in [2.24, 2.45) is 0 Å². The summed E-state index contributed by atoms with van der Waals surface area (Å²) in [6.45, 7) is 0.266. The van der Waals surface area contributed by atoms with Crippen LogP contribution in [-0.2, 0) is 0 Å². The molecule has 0 spiro atoms. The highest BCUT2D eigenvalue weighted by Crippen LogP contribution is 2.30. The highest BCUT2D eigenvalue weighted by Gasteiger charge is 2.29. The summed E-state index contributed by atoms with van der Waals surface area (Å²) in [5.74, 6) is -0.109. The van der Waals surface area contributed by atoms with Gasteiger partial charge in [-0.3, -0.25) is 0 Å². The number of aromatic amines is 1. The molecule has 3 N–H and O–H groups in total. The quantitative estimate of drug-likeness (QED) is 0.643. The number of fused-ring (bicyclic) bond motifs is 1. The number of halogens is 2. The number of nitrogens with zero attached hydrogens (tertiary/aromatic N) is 3. The lowest BCUT2D eigenvalue weighted by Crippen LogP contribution is -2.39. The minimum Gasteiger partial charge on any atom is -0.388 e. The number of anilines is 1. The molecule has 3 heterocycles. The van der Waals surface area contributed by atoms with E-state index in [1.54, 1.807) is 18.5 Å². The monoisotopic (exact) mass is 375 g/mol. The average Bonchev–Trinajstić information content (AvgIpc) is 3.05. The van der Waals surface area contributed by atoms with E-state index in [2.05, 4.69) is 25.3 Å². The van der Waals surface area contributed by atoms with Gasteiger partial charge in [0.15, 0.2) is 17.5 Å². The molecule has 1 saturated carbocycles. The van der Waals surface area contributed by atoms with Gasteiger partial charge in [0.25, 0.3) is 0 Å². The van der Waals surface area contributed by atoms with Crippen molar-refractivity contribution in [3.8, 4) is 11.4 Å². The molecule has 1 aliphatic rings. The summed E-state index contributed by atoms with van der Waals surface area (Å²) in [4.78, 5) is 15.6. The minimum absolute atomic E-state index is 0.0818. The van der Waals surface area contributed by atoms with Gasteiger partial charge < -0.3 is 15.4 Å². The van der Waals surface area contributed by atoms with E-state index in [9.17, 15) is 9.50 Å². The zero-order valence-corrected chi connectivity index (χ0v) is 14.9. The molecule has 3 aromatic heterocycles. The van der Waals surface area contributed by atoms with Crippen molar-refractivity contribution in [1.82, 2.24) is 19.9 Å². The first-order chi connectivity index (χ1) is 12.5. The smallest absolute Gasteiger partial charge is 0.183 e.